The second-order valence-corrected chi connectivity index (χ2v) is 8.19. The third-order valence-electron chi connectivity index (χ3n) is 5.14. The maximum atomic E-state index is 10.9. The average Bonchev–Trinajstić information content (AvgIpc) is 2.95. The highest BCUT2D eigenvalue weighted by Gasteiger charge is 2.55. The minimum atomic E-state index is -5.09. The number of ether oxygens (including phenoxy) is 5. The van der Waals surface area contributed by atoms with Gasteiger partial charge in [-0.1, -0.05) is 6.92 Å². The summed E-state index contributed by atoms with van der Waals surface area (Å²) in [4.78, 5) is 0. The van der Waals surface area contributed by atoms with E-state index in [0.717, 1.165) is 0 Å². The predicted octanol–water partition coefficient (Wildman–Crippen LogP) is -2.13. The Morgan fingerprint density at radius 3 is 2.52 bits per heavy atom. The van der Waals surface area contributed by atoms with Gasteiger partial charge in [-0.05, 0) is 0 Å². The predicted molar refractivity (Wildman–Crippen MR) is 89.0 cm³/mol. The Morgan fingerprint density at radius 2 is 1.93 bits per heavy atom. The first kappa shape index (κ1) is 23.5. The zero-order valence-electron chi connectivity index (χ0n) is 15.4. The Balaban J connectivity index is 1.73. The van der Waals surface area contributed by atoms with Gasteiger partial charge in [-0.3, -0.25) is 4.18 Å². The molecule has 13 nitrogen and oxygen atoms in total. The number of hydrogen-bond donors (Lipinski definition) is 2. The van der Waals surface area contributed by atoms with Gasteiger partial charge in [0, 0.05) is 13.0 Å². The van der Waals surface area contributed by atoms with Gasteiger partial charge in [-0.2, -0.15) is 0 Å². The van der Waals surface area contributed by atoms with Crippen molar-refractivity contribution in [1.82, 2.24) is 0 Å². The van der Waals surface area contributed by atoms with Crippen LogP contribution in [0.4, 0.5) is 0 Å². The molecule has 2 N–H and O–H groups in total. The van der Waals surface area contributed by atoms with Crippen molar-refractivity contribution in [3.8, 4) is 0 Å². The zero-order chi connectivity index (χ0) is 21.3. The van der Waals surface area contributed by atoms with Crippen molar-refractivity contribution in [1.29, 1.82) is 0 Å². The third-order valence-corrected chi connectivity index (χ3v) is 5.90. The topological polar surface area (TPSA) is 185 Å². The Hall–Kier alpha value is -0.140. The summed E-state index contributed by atoms with van der Waals surface area (Å²) in [5.74, 6) is -0.936. The molecule has 0 aromatic carbocycles. The summed E-state index contributed by atoms with van der Waals surface area (Å²) in [7, 11) is -3.72. The summed E-state index contributed by atoms with van der Waals surface area (Å²) in [6.45, 7) is 0.845. The minimum absolute atomic E-state index is 0.112. The monoisotopic (exact) mass is 462 g/mol. The molecule has 3 aliphatic heterocycles. The number of hydrogen-bond acceptors (Lipinski definition) is 14. The summed E-state index contributed by atoms with van der Waals surface area (Å²) in [5.41, 5.74) is 0. The van der Waals surface area contributed by atoms with Gasteiger partial charge in [0.15, 0.2) is 18.7 Å². The van der Waals surface area contributed by atoms with Crippen LogP contribution in [0.25, 0.3) is 0 Å². The lowest BCUT2D eigenvalue weighted by molar-refractivity contribution is -0.327. The van der Waals surface area contributed by atoms with E-state index in [1.807, 2.05) is 0 Å². The number of methoxy groups -OCH3 is 1. The van der Waals surface area contributed by atoms with E-state index in [0.29, 0.717) is 0 Å². The van der Waals surface area contributed by atoms with Gasteiger partial charge in [-0.15, -0.1) is 12.3 Å². The molecule has 3 heterocycles. The Kier molecular flexibility index (Phi) is 7.75. The van der Waals surface area contributed by atoms with Gasteiger partial charge in [0.25, 0.3) is 0 Å². The molecular formula is C14H22O13S2-2. The Labute approximate surface area is 171 Å². The first-order valence-electron chi connectivity index (χ1n) is 8.69. The molecule has 0 aromatic rings. The molecule has 0 radical (unpaired) electrons. The normalized spacial score (nSPS) is 45.4. The molecule has 10 atom stereocenters. The van der Waals surface area contributed by atoms with Crippen molar-refractivity contribution in [2.45, 2.75) is 62.2 Å². The largest absolute Gasteiger partial charge is 0.776 e. The molecule has 2 bridgehead atoms. The van der Waals surface area contributed by atoms with Gasteiger partial charge in [0.1, 0.15) is 36.6 Å². The van der Waals surface area contributed by atoms with E-state index >= 15 is 0 Å². The second-order valence-electron chi connectivity index (χ2n) is 6.85. The van der Waals surface area contributed by atoms with Gasteiger partial charge in [0.05, 0.1) is 13.2 Å². The van der Waals surface area contributed by atoms with Gasteiger partial charge < -0.3 is 47.2 Å². The van der Waals surface area contributed by atoms with Crippen molar-refractivity contribution < 1.29 is 59.8 Å². The molecule has 0 saturated carbocycles. The van der Waals surface area contributed by atoms with Crippen LogP contribution in [0.5, 0.6) is 0 Å². The average molecular weight is 462 g/mol. The maximum absolute atomic E-state index is 10.9. The van der Waals surface area contributed by atoms with Crippen molar-refractivity contribution >= 4 is 22.7 Å². The highest BCUT2D eigenvalue weighted by molar-refractivity contribution is 7.88. The molecule has 0 aromatic heterocycles. The Morgan fingerprint density at radius 1 is 1.21 bits per heavy atom. The van der Waals surface area contributed by atoms with Crippen LogP contribution in [-0.2, 0) is 42.4 Å². The van der Waals surface area contributed by atoms with E-state index < -0.39 is 78.2 Å². The number of fused-ring (bicyclic) bond motifs is 2. The molecule has 3 aliphatic rings. The fourth-order valence-electron chi connectivity index (χ4n) is 3.72. The molecule has 3 fully saturated rings. The van der Waals surface area contributed by atoms with Crippen LogP contribution >= 0.6 is 12.3 Å². The van der Waals surface area contributed by atoms with Gasteiger partial charge >= 0.3 is 0 Å². The van der Waals surface area contributed by atoms with E-state index in [9.17, 15) is 27.7 Å². The smallest absolute Gasteiger partial charge is 0.218 e. The summed E-state index contributed by atoms with van der Waals surface area (Å²) in [6, 6.07) is 0. The molecule has 29 heavy (non-hydrogen) atoms. The molecule has 3 rings (SSSR count). The molecule has 4 unspecified atom stereocenters. The summed E-state index contributed by atoms with van der Waals surface area (Å²) in [6.07, 6.45) is -9.36. The molecule has 0 spiro atoms. The zero-order valence-corrected chi connectivity index (χ0v) is 17.0. The van der Waals surface area contributed by atoms with E-state index in [4.69, 9.17) is 27.9 Å². The minimum Gasteiger partial charge on any atom is -0.776 e. The van der Waals surface area contributed by atoms with Crippen LogP contribution in [0, 0.1) is 5.92 Å². The van der Waals surface area contributed by atoms with Crippen molar-refractivity contribution in [2.24, 2.45) is 5.92 Å². The standard InChI is InChI=1S/C14H24O13S2/c1-5-8(16)13(23-6(3-15)9(5)27-29(18,19)20)25-10-7-4-22-11(10)12(26-28-17)14(21-2)24-7/h5-17H,3-4H2,1-2H3,(H,18,19,20)/p-2/t5?,6?,7?,8-,9+,10-,11+,12?,13-,14-/m0/s1. The molecule has 0 amide bonds. The molecule has 0 aliphatic carbocycles. The van der Waals surface area contributed by atoms with Crippen LogP contribution in [0.2, 0.25) is 0 Å². The highest BCUT2D eigenvalue weighted by atomic mass is 32.3. The Bertz CT molecular complexity index is 645. The van der Waals surface area contributed by atoms with E-state index in [-0.39, 0.29) is 18.9 Å². The van der Waals surface area contributed by atoms with Crippen molar-refractivity contribution in [3.63, 3.8) is 0 Å². The van der Waals surface area contributed by atoms with Crippen molar-refractivity contribution in [2.75, 3.05) is 20.3 Å². The molecule has 3 saturated heterocycles. The third kappa shape index (κ3) is 5.03. The van der Waals surface area contributed by atoms with Crippen LogP contribution in [0.1, 0.15) is 6.92 Å². The van der Waals surface area contributed by atoms with Crippen LogP contribution in [0.3, 0.4) is 0 Å². The number of aliphatic hydroxyl groups excluding tert-OH is 2. The molecule has 15 heteroatoms. The number of aliphatic hydroxyl groups is 2. The second kappa shape index (κ2) is 9.56. The van der Waals surface area contributed by atoms with E-state index in [2.05, 4.69) is 4.18 Å². The fourth-order valence-corrected chi connectivity index (χ4v) is 4.58. The van der Waals surface area contributed by atoms with Crippen LogP contribution in [-0.4, -0.2) is 103 Å². The first-order chi connectivity index (χ1) is 13.7. The van der Waals surface area contributed by atoms with Crippen LogP contribution in [0.15, 0.2) is 0 Å². The van der Waals surface area contributed by atoms with Crippen molar-refractivity contribution in [3.05, 3.63) is 0 Å². The summed E-state index contributed by atoms with van der Waals surface area (Å²) >= 11 is -0.139. The van der Waals surface area contributed by atoms with Gasteiger partial charge in [0.2, 0.25) is 10.4 Å². The summed E-state index contributed by atoms with van der Waals surface area (Å²) in [5, 5.41) is 20.0. The molecule has 170 valence electrons. The lowest BCUT2D eigenvalue weighted by atomic mass is 9.90. The van der Waals surface area contributed by atoms with E-state index in [1.54, 1.807) is 0 Å². The molecular weight excluding hydrogens is 440 g/mol. The maximum Gasteiger partial charge on any atom is 0.218 e. The lowest BCUT2D eigenvalue weighted by Gasteiger charge is -2.45. The highest BCUT2D eigenvalue weighted by Crippen LogP contribution is 2.38. The lowest BCUT2D eigenvalue weighted by Crippen LogP contribution is -2.61. The van der Waals surface area contributed by atoms with E-state index in [1.165, 1.54) is 14.0 Å². The quantitative estimate of drug-likeness (QED) is 0.226. The fraction of sp³-hybridized carbons (Fsp3) is 1.00. The first-order valence-corrected chi connectivity index (χ1v) is 10.7. The SMILES string of the molecule is CO[C@H]1OC2CO[C@@H](C1OS[O-])[C@H]2O[C@@H]1OC(CO)[C@H](OS(=O)(=O)[O-])C(C)[C@@H]1O. The number of rotatable bonds is 8. The summed E-state index contributed by atoms with van der Waals surface area (Å²) < 4.78 is 80.9. The van der Waals surface area contributed by atoms with Crippen LogP contribution < -0.4 is 0 Å². The van der Waals surface area contributed by atoms with Gasteiger partial charge in [-0.25, -0.2) is 8.42 Å².